The number of benzene rings is 8. The second-order valence-corrected chi connectivity index (χ2v) is 14.4. The zero-order valence-electron chi connectivity index (χ0n) is 30.5. The third-order valence-corrected chi connectivity index (χ3v) is 11.2. The molecule has 0 aliphatic rings. The molecule has 0 atom stereocenters. The Bertz CT molecular complexity index is 3490. The van der Waals surface area contributed by atoms with Crippen molar-refractivity contribution in [2.24, 2.45) is 0 Å². The molecule has 6 heteroatoms. The Morgan fingerprint density at radius 3 is 1.67 bits per heavy atom. The molecule has 0 aliphatic heterocycles. The maximum atomic E-state index is 6.26. The Balaban J connectivity index is 1.11. The monoisotopic (exact) mass is 729 g/mol. The highest BCUT2D eigenvalue weighted by Gasteiger charge is 2.22. The van der Waals surface area contributed by atoms with Crippen LogP contribution in [0.4, 0.5) is 0 Å². The molecule has 12 aromatic rings. The van der Waals surface area contributed by atoms with E-state index in [0.717, 1.165) is 82.7 Å². The van der Waals surface area contributed by atoms with E-state index in [1.165, 1.54) is 10.8 Å². The van der Waals surface area contributed by atoms with Gasteiger partial charge >= 0.3 is 0 Å². The number of furan rings is 1. The van der Waals surface area contributed by atoms with Crippen LogP contribution in [0.3, 0.4) is 0 Å². The number of fused-ring (bicyclic) bond motifs is 9. The van der Waals surface area contributed by atoms with E-state index in [4.69, 9.17) is 19.4 Å². The van der Waals surface area contributed by atoms with Gasteiger partial charge in [-0.15, -0.1) is 0 Å². The molecular formula is C51H31N5O. The summed E-state index contributed by atoms with van der Waals surface area (Å²) < 4.78 is 10.9. The van der Waals surface area contributed by atoms with Crippen LogP contribution in [0.15, 0.2) is 192 Å². The lowest BCUT2D eigenvalue weighted by atomic mass is 9.98. The highest BCUT2D eigenvalue weighted by molar-refractivity contribution is 6.16. The van der Waals surface area contributed by atoms with Gasteiger partial charge in [0.15, 0.2) is 11.6 Å². The number of rotatable bonds is 5. The predicted molar refractivity (Wildman–Crippen MR) is 232 cm³/mol. The fourth-order valence-electron chi connectivity index (χ4n) is 8.74. The van der Waals surface area contributed by atoms with Crippen LogP contribution in [0, 0.1) is 0 Å². The molecule has 0 aliphatic carbocycles. The third-order valence-electron chi connectivity index (χ3n) is 11.2. The molecule has 0 amide bonds. The average molecular weight is 730 g/mol. The first-order valence-corrected chi connectivity index (χ1v) is 19.1. The van der Waals surface area contributed by atoms with Crippen LogP contribution >= 0.6 is 0 Å². The number of hydrogen-bond acceptors (Lipinski definition) is 4. The molecule has 4 heterocycles. The largest absolute Gasteiger partial charge is 0.456 e. The van der Waals surface area contributed by atoms with Gasteiger partial charge in [0.2, 0.25) is 5.95 Å². The van der Waals surface area contributed by atoms with Crippen LogP contribution in [0.5, 0.6) is 0 Å². The first-order valence-electron chi connectivity index (χ1n) is 19.1. The first kappa shape index (κ1) is 31.5. The SMILES string of the molecule is c1ccc(-c2nc(-c3cccc(-c4cccc5oc6ccccc6c45)c3)nc(-n3c4ccccc4c4c(-n5c6ccccc6c6ccccc65)cccc43)n2)cc1. The molecule has 0 saturated heterocycles. The third kappa shape index (κ3) is 4.81. The number of hydrogen-bond donors (Lipinski definition) is 0. The molecular weight excluding hydrogens is 699 g/mol. The Hall–Kier alpha value is -7.83. The van der Waals surface area contributed by atoms with Crippen molar-refractivity contribution in [2.45, 2.75) is 0 Å². The smallest absolute Gasteiger partial charge is 0.238 e. The second kappa shape index (κ2) is 12.3. The van der Waals surface area contributed by atoms with E-state index in [0.29, 0.717) is 17.6 Å². The predicted octanol–water partition coefficient (Wildman–Crippen LogP) is 13.0. The molecule has 0 unspecified atom stereocenters. The fraction of sp³-hybridized carbons (Fsp3) is 0. The van der Waals surface area contributed by atoms with E-state index in [-0.39, 0.29) is 0 Å². The van der Waals surface area contributed by atoms with Crippen LogP contribution in [0.1, 0.15) is 0 Å². The summed E-state index contributed by atoms with van der Waals surface area (Å²) in [5.74, 6) is 1.75. The summed E-state index contributed by atoms with van der Waals surface area (Å²) in [4.78, 5) is 15.7. The Labute approximate surface area is 326 Å². The van der Waals surface area contributed by atoms with Crippen molar-refractivity contribution >= 4 is 65.6 Å². The zero-order chi connectivity index (χ0) is 37.5. The lowest BCUT2D eigenvalue weighted by Crippen LogP contribution is -2.06. The lowest BCUT2D eigenvalue weighted by molar-refractivity contribution is 0.669. The van der Waals surface area contributed by atoms with Crippen LogP contribution in [-0.4, -0.2) is 24.1 Å². The maximum absolute atomic E-state index is 6.26. The standard InChI is InChI=1S/C51H31N5O/c1-2-15-32(16-3-1)49-52-50(34-18-12-17-33(31-34)35-23-13-30-46-47(35)39-22-7-11-29-45(39)57-46)54-51(53-49)56-42-26-10-6-21-38(42)48-43(27-14-28-44(48)56)55-40-24-8-4-19-36(40)37-20-5-9-25-41(37)55/h1-31H. The van der Waals surface area contributed by atoms with Gasteiger partial charge in [-0.2, -0.15) is 9.97 Å². The van der Waals surface area contributed by atoms with Gasteiger partial charge in [0.25, 0.3) is 0 Å². The molecule has 0 N–H and O–H groups in total. The van der Waals surface area contributed by atoms with Gasteiger partial charge in [-0.1, -0.05) is 140 Å². The van der Waals surface area contributed by atoms with E-state index in [2.05, 4.69) is 161 Å². The quantitative estimate of drug-likeness (QED) is 0.177. The molecule has 4 aromatic heterocycles. The first-order chi connectivity index (χ1) is 28.3. The Morgan fingerprint density at radius 2 is 0.895 bits per heavy atom. The van der Waals surface area contributed by atoms with Gasteiger partial charge in [-0.3, -0.25) is 4.57 Å². The zero-order valence-corrected chi connectivity index (χ0v) is 30.5. The second-order valence-electron chi connectivity index (χ2n) is 14.4. The molecule has 0 radical (unpaired) electrons. The molecule has 6 nitrogen and oxygen atoms in total. The molecule has 12 rings (SSSR count). The number of para-hydroxylation sites is 4. The van der Waals surface area contributed by atoms with Gasteiger partial charge in [-0.05, 0) is 59.7 Å². The van der Waals surface area contributed by atoms with Gasteiger partial charge < -0.3 is 8.98 Å². The minimum Gasteiger partial charge on any atom is -0.456 e. The van der Waals surface area contributed by atoms with Crippen LogP contribution in [0.25, 0.3) is 111 Å². The van der Waals surface area contributed by atoms with Crippen LogP contribution < -0.4 is 0 Å². The van der Waals surface area contributed by atoms with Crippen molar-refractivity contribution in [1.82, 2.24) is 24.1 Å². The van der Waals surface area contributed by atoms with Crippen molar-refractivity contribution < 1.29 is 4.42 Å². The summed E-state index contributed by atoms with van der Waals surface area (Å²) in [7, 11) is 0. The van der Waals surface area contributed by atoms with Gasteiger partial charge in [-0.25, -0.2) is 4.98 Å². The fourth-order valence-corrected chi connectivity index (χ4v) is 8.74. The molecule has 0 saturated carbocycles. The topological polar surface area (TPSA) is 61.7 Å². The molecule has 57 heavy (non-hydrogen) atoms. The summed E-state index contributed by atoms with van der Waals surface area (Å²) in [5.41, 5.74) is 11.2. The summed E-state index contributed by atoms with van der Waals surface area (Å²) in [5, 5.41) is 6.89. The van der Waals surface area contributed by atoms with Gasteiger partial charge in [0.1, 0.15) is 11.2 Å². The minimum atomic E-state index is 0.553. The van der Waals surface area contributed by atoms with Crippen molar-refractivity contribution in [3.8, 4) is 45.5 Å². The average Bonchev–Trinajstić information content (AvgIpc) is 3.95. The van der Waals surface area contributed by atoms with Crippen LogP contribution in [0.2, 0.25) is 0 Å². The van der Waals surface area contributed by atoms with Gasteiger partial charge in [0, 0.05) is 43.4 Å². The highest BCUT2D eigenvalue weighted by atomic mass is 16.3. The minimum absolute atomic E-state index is 0.553. The summed E-state index contributed by atoms with van der Waals surface area (Å²) in [6.07, 6.45) is 0. The number of nitrogens with zero attached hydrogens (tertiary/aromatic N) is 5. The summed E-state index contributed by atoms with van der Waals surface area (Å²) >= 11 is 0. The van der Waals surface area contributed by atoms with E-state index in [1.807, 2.05) is 36.4 Å². The molecule has 8 aromatic carbocycles. The van der Waals surface area contributed by atoms with Crippen molar-refractivity contribution in [1.29, 1.82) is 0 Å². The molecule has 0 spiro atoms. The molecule has 0 fully saturated rings. The van der Waals surface area contributed by atoms with E-state index < -0.39 is 0 Å². The van der Waals surface area contributed by atoms with Crippen molar-refractivity contribution in [2.75, 3.05) is 0 Å². The van der Waals surface area contributed by atoms with Crippen molar-refractivity contribution in [3.63, 3.8) is 0 Å². The van der Waals surface area contributed by atoms with E-state index in [1.54, 1.807) is 0 Å². The van der Waals surface area contributed by atoms with Gasteiger partial charge in [0.05, 0.1) is 27.8 Å². The summed E-state index contributed by atoms with van der Waals surface area (Å²) in [6.45, 7) is 0. The van der Waals surface area contributed by atoms with E-state index in [9.17, 15) is 0 Å². The van der Waals surface area contributed by atoms with Crippen LogP contribution in [-0.2, 0) is 0 Å². The van der Waals surface area contributed by atoms with Crippen molar-refractivity contribution in [3.05, 3.63) is 188 Å². The van der Waals surface area contributed by atoms with E-state index >= 15 is 0 Å². The lowest BCUT2D eigenvalue weighted by Gasteiger charge is -2.13. The molecule has 266 valence electrons. The Morgan fingerprint density at radius 1 is 0.351 bits per heavy atom. The number of aromatic nitrogens is 5. The molecule has 0 bridgehead atoms. The summed E-state index contributed by atoms with van der Waals surface area (Å²) in [6, 6.07) is 65.5. The Kier molecular flexibility index (Phi) is 6.83. The normalized spacial score (nSPS) is 11.9. The highest BCUT2D eigenvalue weighted by Crippen LogP contribution is 2.41. The maximum Gasteiger partial charge on any atom is 0.238 e.